The molecule has 1 unspecified atom stereocenters. The van der Waals surface area contributed by atoms with Gasteiger partial charge in [-0.15, -0.1) is 10.2 Å². The topological polar surface area (TPSA) is 81.7 Å². The molecule has 8 heteroatoms. The first-order chi connectivity index (χ1) is 16.1. The average molecular weight is 467 g/mol. The van der Waals surface area contributed by atoms with Crippen molar-refractivity contribution < 1.29 is 9.59 Å². The Bertz CT molecular complexity index is 960. The summed E-state index contributed by atoms with van der Waals surface area (Å²) in [5.41, 5.74) is 2.74. The van der Waals surface area contributed by atoms with Crippen molar-refractivity contribution in [1.82, 2.24) is 25.3 Å². The Balaban J connectivity index is 1.57. The molecule has 184 valence electrons. The summed E-state index contributed by atoms with van der Waals surface area (Å²) in [6.07, 6.45) is 0.788. The lowest BCUT2D eigenvalue weighted by Gasteiger charge is -2.37. The Hall–Kier alpha value is -3.16. The van der Waals surface area contributed by atoms with Gasteiger partial charge in [-0.2, -0.15) is 0 Å². The first kappa shape index (κ1) is 25.5. The maximum Gasteiger partial charge on any atom is 0.318 e. The number of carbonyl (C=O) groups excluding carboxylic acids is 2. The molecule has 1 aromatic heterocycles. The molecule has 1 N–H and O–H groups in total. The van der Waals surface area contributed by atoms with Gasteiger partial charge in [0, 0.05) is 43.3 Å². The van der Waals surface area contributed by atoms with Crippen LogP contribution in [0.4, 0.5) is 10.6 Å². The fraction of sp³-hybridized carbons (Fsp3) is 0.538. The second-order valence-corrected chi connectivity index (χ2v) is 10.1. The SMILES string of the molecule is CCC(C)N(CC(=O)N1CCN(c2ccc(-c3ccc(C)cc3)nn2)CC1)C(=O)NC(C)(C)C. The van der Waals surface area contributed by atoms with Gasteiger partial charge in [0.05, 0.1) is 5.69 Å². The fourth-order valence-corrected chi connectivity index (χ4v) is 3.84. The van der Waals surface area contributed by atoms with Crippen LogP contribution in [0.2, 0.25) is 0 Å². The maximum atomic E-state index is 13.0. The second kappa shape index (κ2) is 10.8. The van der Waals surface area contributed by atoms with Crippen LogP contribution in [-0.2, 0) is 4.79 Å². The zero-order valence-corrected chi connectivity index (χ0v) is 21.3. The molecular weight excluding hydrogens is 428 g/mol. The van der Waals surface area contributed by atoms with Crippen molar-refractivity contribution in [2.24, 2.45) is 0 Å². The smallest absolute Gasteiger partial charge is 0.318 e. The summed E-state index contributed by atoms with van der Waals surface area (Å²) in [4.78, 5) is 31.4. The van der Waals surface area contributed by atoms with E-state index in [-0.39, 0.29) is 30.1 Å². The first-order valence-electron chi connectivity index (χ1n) is 12.1. The lowest BCUT2D eigenvalue weighted by molar-refractivity contribution is -0.132. The number of piperazine rings is 1. The number of benzene rings is 1. The Kier molecular flexibility index (Phi) is 8.12. The number of aryl methyl sites for hydroxylation is 1. The molecule has 2 heterocycles. The molecule has 3 amide bonds. The number of urea groups is 1. The van der Waals surface area contributed by atoms with Gasteiger partial charge in [-0.25, -0.2) is 4.79 Å². The highest BCUT2D eigenvalue weighted by atomic mass is 16.2. The molecule has 1 fully saturated rings. The maximum absolute atomic E-state index is 13.0. The number of carbonyl (C=O) groups is 2. The van der Waals surface area contributed by atoms with Gasteiger partial charge in [0.2, 0.25) is 5.91 Å². The Morgan fingerprint density at radius 2 is 1.68 bits per heavy atom. The highest BCUT2D eigenvalue weighted by Crippen LogP contribution is 2.20. The highest BCUT2D eigenvalue weighted by Gasteiger charge is 2.29. The summed E-state index contributed by atoms with van der Waals surface area (Å²) >= 11 is 0. The second-order valence-electron chi connectivity index (χ2n) is 10.1. The molecule has 0 spiro atoms. The zero-order chi connectivity index (χ0) is 24.9. The van der Waals surface area contributed by atoms with E-state index in [0.717, 1.165) is 23.5 Å². The van der Waals surface area contributed by atoms with Crippen molar-refractivity contribution in [3.05, 3.63) is 42.0 Å². The van der Waals surface area contributed by atoms with Crippen molar-refractivity contribution in [2.45, 2.75) is 59.5 Å². The van der Waals surface area contributed by atoms with Crippen LogP contribution in [0, 0.1) is 6.92 Å². The number of nitrogens with one attached hydrogen (secondary N) is 1. The van der Waals surface area contributed by atoms with Crippen LogP contribution in [0.3, 0.4) is 0 Å². The summed E-state index contributed by atoms with van der Waals surface area (Å²) in [5.74, 6) is 0.790. The largest absolute Gasteiger partial charge is 0.352 e. The monoisotopic (exact) mass is 466 g/mol. The van der Waals surface area contributed by atoms with Gasteiger partial charge in [0.15, 0.2) is 5.82 Å². The minimum Gasteiger partial charge on any atom is -0.352 e. The van der Waals surface area contributed by atoms with Crippen molar-refractivity contribution in [3.63, 3.8) is 0 Å². The number of hydrogen-bond acceptors (Lipinski definition) is 5. The van der Waals surface area contributed by atoms with Gasteiger partial charge in [-0.05, 0) is 53.2 Å². The van der Waals surface area contributed by atoms with E-state index in [4.69, 9.17) is 0 Å². The predicted molar refractivity (Wildman–Crippen MR) is 136 cm³/mol. The van der Waals surface area contributed by atoms with Gasteiger partial charge in [0.1, 0.15) is 6.54 Å². The summed E-state index contributed by atoms with van der Waals surface area (Å²) in [5, 5.41) is 11.8. The third-order valence-electron chi connectivity index (χ3n) is 6.13. The average Bonchev–Trinajstić information content (AvgIpc) is 2.81. The summed E-state index contributed by atoms with van der Waals surface area (Å²) in [6.45, 7) is 14.5. The standard InChI is InChI=1S/C26H38N6O2/c1-7-20(3)32(25(34)27-26(4,5)6)18-24(33)31-16-14-30(15-17-31)23-13-12-22(28-29-23)21-10-8-19(2)9-11-21/h8-13,20H,7,14-18H2,1-6H3,(H,27,34). The molecule has 3 rings (SSSR count). The Morgan fingerprint density at radius 3 is 2.21 bits per heavy atom. The van der Waals surface area contributed by atoms with E-state index in [0.29, 0.717) is 26.2 Å². The molecule has 2 aromatic rings. The van der Waals surface area contributed by atoms with Crippen LogP contribution in [-0.4, -0.2) is 76.2 Å². The summed E-state index contributed by atoms with van der Waals surface area (Å²) < 4.78 is 0. The molecular formula is C26H38N6O2. The third kappa shape index (κ3) is 6.68. The molecule has 0 saturated carbocycles. The molecule has 8 nitrogen and oxygen atoms in total. The van der Waals surface area contributed by atoms with E-state index >= 15 is 0 Å². The van der Waals surface area contributed by atoms with Crippen LogP contribution < -0.4 is 10.2 Å². The Morgan fingerprint density at radius 1 is 1.03 bits per heavy atom. The minimum atomic E-state index is -0.354. The van der Waals surface area contributed by atoms with Crippen molar-refractivity contribution in [3.8, 4) is 11.3 Å². The third-order valence-corrected chi connectivity index (χ3v) is 6.13. The number of aromatic nitrogens is 2. The quantitative estimate of drug-likeness (QED) is 0.702. The number of nitrogens with zero attached hydrogens (tertiary/aromatic N) is 5. The van der Waals surface area contributed by atoms with Crippen LogP contribution >= 0.6 is 0 Å². The molecule has 34 heavy (non-hydrogen) atoms. The Labute approximate surface area is 203 Å². The molecule has 0 aliphatic carbocycles. The van der Waals surface area contributed by atoms with Gasteiger partial charge in [-0.3, -0.25) is 4.79 Å². The van der Waals surface area contributed by atoms with E-state index in [9.17, 15) is 9.59 Å². The number of amides is 3. The van der Waals surface area contributed by atoms with Crippen LogP contribution in [0.25, 0.3) is 11.3 Å². The van der Waals surface area contributed by atoms with Crippen LogP contribution in [0.15, 0.2) is 36.4 Å². The molecule has 0 radical (unpaired) electrons. The summed E-state index contributed by atoms with van der Waals surface area (Å²) in [6, 6.07) is 12.0. The van der Waals surface area contributed by atoms with Gasteiger partial charge >= 0.3 is 6.03 Å². The molecule has 1 saturated heterocycles. The van der Waals surface area contributed by atoms with E-state index < -0.39 is 0 Å². The predicted octanol–water partition coefficient (Wildman–Crippen LogP) is 3.71. The first-order valence-corrected chi connectivity index (χ1v) is 12.1. The number of rotatable bonds is 6. The van der Waals surface area contributed by atoms with E-state index in [1.807, 2.05) is 63.8 Å². The van der Waals surface area contributed by atoms with Gasteiger partial charge < -0.3 is 20.0 Å². The van der Waals surface area contributed by atoms with E-state index in [1.54, 1.807) is 4.90 Å². The fourth-order valence-electron chi connectivity index (χ4n) is 3.84. The lowest BCUT2D eigenvalue weighted by Crippen LogP contribution is -2.56. The van der Waals surface area contributed by atoms with Crippen molar-refractivity contribution in [2.75, 3.05) is 37.6 Å². The minimum absolute atomic E-state index is 0.0186. The molecule has 1 aliphatic heterocycles. The van der Waals surface area contributed by atoms with E-state index in [1.165, 1.54) is 5.56 Å². The van der Waals surface area contributed by atoms with Gasteiger partial charge in [0.25, 0.3) is 0 Å². The lowest BCUT2D eigenvalue weighted by atomic mass is 10.1. The van der Waals surface area contributed by atoms with Crippen molar-refractivity contribution >= 4 is 17.8 Å². The van der Waals surface area contributed by atoms with E-state index in [2.05, 4.69) is 39.5 Å². The number of hydrogen-bond donors (Lipinski definition) is 1. The van der Waals surface area contributed by atoms with Gasteiger partial charge in [-0.1, -0.05) is 36.8 Å². The molecule has 1 aliphatic rings. The van der Waals surface area contributed by atoms with Crippen LogP contribution in [0.1, 0.15) is 46.6 Å². The molecule has 1 aromatic carbocycles. The van der Waals surface area contributed by atoms with Crippen molar-refractivity contribution in [1.29, 1.82) is 0 Å². The molecule has 0 bridgehead atoms. The highest BCUT2D eigenvalue weighted by molar-refractivity contribution is 5.84. The van der Waals surface area contributed by atoms with Crippen LogP contribution in [0.5, 0.6) is 0 Å². The number of anilines is 1. The summed E-state index contributed by atoms with van der Waals surface area (Å²) in [7, 11) is 0. The molecule has 1 atom stereocenters. The zero-order valence-electron chi connectivity index (χ0n) is 21.3. The normalized spacial score (nSPS) is 15.1.